The normalized spacial score (nSPS) is 15.8. The SMILES string of the molecule is O=C(CSc1c(Cl)cccc1Cl)NCC1COc2ccccc2O1. The van der Waals surface area contributed by atoms with Gasteiger partial charge in [0.25, 0.3) is 0 Å². The minimum Gasteiger partial charge on any atom is -0.486 e. The van der Waals surface area contributed by atoms with E-state index in [4.69, 9.17) is 32.7 Å². The second-order valence-corrected chi connectivity index (χ2v) is 6.94. The predicted molar refractivity (Wildman–Crippen MR) is 96.5 cm³/mol. The van der Waals surface area contributed by atoms with E-state index in [1.54, 1.807) is 18.2 Å². The highest BCUT2D eigenvalue weighted by Crippen LogP contribution is 2.33. The van der Waals surface area contributed by atoms with Gasteiger partial charge in [-0.3, -0.25) is 4.79 Å². The Labute approximate surface area is 154 Å². The molecule has 0 aromatic heterocycles. The highest BCUT2D eigenvalue weighted by Gasteiger charge is 2.21. The van der Waals surface area contributed by atoms with Crippen LogP contribution in [0.3, 0.4) is 0 Å². The number of halogens is 2. The van der Waals surface area contributed by atoms with E-state index in [2.05, 4.69) is 5.32 Å². The largest absolute Gasteiger partial charge is 0.486 e. The molecule has 2 aromatic rings. The lowest BCUT2D eigenvalue weighted by Gasteiger charge is -2.26. The molecule has 1 N–H and O–H groups in total. The monoisotopic (exact) mass is 383 g/mol. The van der Waals surface area contributed by atoms with Gasteiger partial charge in [0.05, 0.1) is 22.3 Å². The van der Waals surface area contributed by atoms with Crippen LogP contribution in [-0.4, -0.2) is 30.9 Å². The van der Waals surface area contributed by atoms with Gasteiger partial charge in [-0.2, -0.15) is 0 Å². The van der Waals surface area contributed by atoms with Crippen LogP contribution < -0.4 is 14.8 Å². The molecule has 0 saturated heterocycles. The Hall–Kier alpha value is -1.56. The minimum absolute atomic E-state index is 0.113. The molecule has 126 valence electrons. The lowest BCUT2D eigenvalue weighted by Crippen LogP contribution is -2.41. The first-order valence-electron chi connectivity index (χ1n) is 7.35. The molecule has 0 saturated carbocycles. The lowest BCUT2D eigenvalue weighted by molar-refractivity contribution is -0.119. The lowest BCUT2D eigenvalue weighted by atomic mass is 10.2. The minimum atomic E-state index is -0.210. The first-order chi connectivity index (χ1) is 11.6. The Morgan fingerprint density at radius 2 is 1.83 bits per heavy atom. The molecule has 24 heavy (non-hydrogen) atoms. The molecule has 2 aromatic carbocycles. The summed E-state index contributed by atoms with van der Waals surface area (Å²) >= 11 is 13.5. The third-order valence-electron chi connectivity index (χ3n) is 3.36. The summed E-state index contributed by atoms with van der Waals surface area (Å²) in [5.41, 5.74) is 0. The van der Waals surface area contributed by atoms with Gasteiger partial charge < -0.3 is 14.8 Å². The van der Waals surface area contributed by atoms with E-state index in [0.717, 1.165) is 5.75 Å². The third kappa shape index (κ3) is 4.29. The van der Waals surface area contributed by atoms with Gasteiger partial charge in [0.2, 0.25) is 5.91 Å². The van der Waals surface area contributed by atoms with Crippen molar-refractivity contribution >= 4 is 40.9 Å². The Morgan fingerprint density at radius 3 is 2.58 bits per heavy atom. The van der Waals surface area contributed by atoms with E-state index >= 15 is 0 Å². The average Bonchev–Trinajstić information content (AvgIpc) is 2.59. The average molecular weight is 384 g/mol. The van der Waals surface area contributed by atoms with Crippen LogP contribution in [0.4, 0.5) is 0 Å². The number of hydrogen-bond donors (Lipinski definition) is 1. The van der Waals surface area contributed by atoms with Gasteiger partial charge in [-0.05, 0) is 24.3 Å². The second-order valence-electron chi connectivity index (χ2n) is 5.14. The van der Waals surface area contributed by atoms with Crippen molar-refractivity contribution in [2.45, 2.75) is 11.0 Å². The van der Waals surface area contributed by atoms with Crippen molar-refractivity contribution in [1.82, 2.24) is 5.32 Å². The van der Waals surface area contributed by atoms with Gasteiger partial charge >= 0.3 is 0 Å². The van der Waals surface area contributed by atoms with Gasteiger partial charge in [0.15, 0.2) is 11.5 Å². The number of para-hydroxylation sites is 2. The molecule has 0 radical (unpaired) electrons. The fourth-order valence-corrected chi connectivity index (χ4v) is 3.71. The molecule has 1 atom stereocenters. The number of nitrogens with one attached hydrogen (secondary N) is 1. The zero-order valence-electron chi connectivity index (χ0n) is 12.6. The van der Waals surface area contributed by atoms with Crippen molar-refractivity contribution in [3.8, 4) is 11.5 Å². The Morgan fingerprint density at radius 1 is 1.12 bits per heavy atom. The van der Waals surface area contributed by atoms with Crippen LogP contribution in [0.2, 0.25) is 10.0 Å². The van der Waals surface area contributed by atoms with Crippen LogP contribution >= 0.6 is 35.0 Å². The molecule has 1 aliphatic heterocycles. The Kier molecular flexibility index (Phi) is 5.76. The maximum Gasteiger partial charge on any atom is 0.230 e. The highest BCUT2D eigenvalue weighted by atomic mass is 35.5. The van der Waals surface area contributed by atoms with E-state index in [0.29, 0.717) is 33.8 Å². The van der Waals surface area contributed by atoms with E-state index in [1.165, 1.54) is 11.8 Å². The van der Waals surface area contributed by atoms with Crippen LogP contribution in [0.1, 0.15) is 0 Å². The van der Waals surface area contributed by atoms with E-state index < -0.39 is 0 Å². The molecule has 0 aliphatic carbocycles. The fourth-order valence-electron chi connectivity index (χ4n) is 2.20. The molecule has 1 amide bonds. The number of rotatable bonds is 5. The van der Waals surface area contributed by atoms with Crippen LogP contribution in [0, 0.1) is 0 Å². The summed E-state index contributed by atoms with van der Waals surface area (Å²) < 4.78 is 11.4. The zero-order valence-corrected chi connectivity index (χ0v) is 15.0. The molecule has 0 bridgehead atoms. The number of carbonyl (C=O) groups excluding carboxylic acids is 1. The summed E-state index contributed by atoms with van der Waals surface area (Å²) in [5, 5.41) is 3.93. The third-order valence-corrected chi connectivity index (χ3v) is 5.35. The van der Waals surface area contributed by atoms with E-state index in [1.807, 2.05) is 24.3 Å². The highest BCUT2D eigenvalue weighted by molar-refractivity contribution is 8.00. The zero-order chi connectivity index (χ0) is 16.9. The molecule has 7 heteroatoms. The molecule has 1 heterocycles. The summed E-state index contributed by atoms with van der Waals surface area (Å²) in [4.78, 5) is 12.7. The van der Waals surface area contributed by atoms with Crippen molar-refractivity contribution in [2.24, 2.45) is 0 Å². The second kappa shape index (κ2) is 8.01. The van der Waals surface area contributed by atoms with Crippen LogP contribution in [0.5, 0.6) is 11.5 Å². The number of benzene rings is 2. The first kappa shape index (κ1) is 17.3. The molecule has 1 unspecified atom stereocenters. The maximum atomic E-state index is 12.0. The van der Waals surface area contributed by atoms with E-state index in [9.17, 15) is 4.79 Å². The molecule has 3 rings (SSSR count). The molecule has 0 fully saturated rings. The summed E-state index contributed by atoms with van der Waals surface area (Å²) in [6, 6.07) is 12.7. The van der Waals surface area contributed by atoms with Gasteiger partial charge in [0.1, 0.15) is 12.7 Å². The molecular formula is C17H15Cl2NO3S. The number of carbonyl (C=O) groups is 1. The molecule has 0 spiro atoms. The Balaban J connectivity index is 1.47. The Bertz CT molecular complexity index is 721. The summed E-state index contributed by atoms with van der Waals surface area (Å²) in [6.45, 7) is 0.782. The van der Waals surface area contributed by atoms with Crippen LogP contribution in [-0.2, 0) is 4.79 Å². The maximum absolute atomic E-state index is 12.0. The number of ether oxygens (including phenoxy) is 2. The fraction of sp³-hybridized carbons (Fsp3) is 0.235. The van der Waals surface area contributed by atoms with Gasteiger partial charge in [-0.25, -0.2) is 0 Å². The number of thioether (sulfide) groups is 1. The quantitative estimate of drug-likeness (QED) is 0.791. The van der Waals surface area contributed by atoms with Crippen LogP contribution in [0.15, 0.2) is 47.4 Å². The van der Waals surface area contributed by atoms with Gasteiger partial charge in [0, 0.05) is 4.90 Å². The molecule has 4 nitrogen and oxygen atoms in total. The van der Waals surface area contributed by atoms with E-state index in [-0.39, 0.29) is 17.8 Å². The first-order valence-corrected chi connectivity index (χ1v) is 9.09. The molecular weight excluding hydrogens is 369 g/mol. The van der Waals surface area contributed by atoms with Crippen molar-refractivity contribution in [3.05, 3.63) is 52.5 Å². The smallest absolute Gasteiger partial charge is 0.230 e. The topological polar surface area (TPSA) is 47.6 Å². The van der Waals surface area contributed by atoms with Crippen molar-refractivity contribution in [1.29, 1.82) is 0 Å². The van der Waals surface area contributed by atoms with Crippen molar-refractivity contribution in [2.75, 3.05) is 18.9 Å². The predicted octanol–water partition coefficient (Wildman–Crippen LogP) is 4.04. The standard InChI is InChI=1S/C17H15Cl2NO3S/c18-12-4-3-5-13(19)17(12)24-10-16(21)20-8-11-9-22-14-6-1-2-7-15(14)23-11/h1-7,11H,8-10H2,(H,20,21). The number of amides is 1. The van der Waals surface area contributed by atoms with Crippen molar-refractivity contribution in [3.63, 3.8) is 0 Å². The number of hydrogen-bond acceptors (Lipinski definition) is 4. The summed E-state index contributed by atoms with van der Waals surface area (Å²) in [7, 11) is 0. The summed E-state index contributed by atoms with van der Waals surface area (Å²) in [5.74, 6) is 1.54. The van der Waals surface area contributed by atoms with Gasteiger partial charge in [-0.15, -0.1) is 11.8 Å². The van der Waals surface area contributed by atoms with Crippen molar-refractivity contribution < 1.29 is 14.3 Å². The van der Waals surface area contributed by atoms with Gasteiger partial charge in [-0.1, -0.05) is 41.4 Å². The summed E-state index contributed by atoms with van der Waals surface area (Å²) in [6.07, 6.45) is -0.210. The number of fused-ring (bicyclic) bond motifs is 1. The van der Waals surface area contributed by atoms with Crippen LogP contribution in [0.25, 0.3) is 0 Å². The molecule has 1 aliphatic rings.